The maximum atomic E-state index is 11.6. The van der Waals surface area contributed by atoms with E-state index in [1.807, 2.05) is 30.3 Å². The molecule has 0 radical (unpaired) electrons. The van der Waals surface area contributed by atoms with Crippen LogP contribution in [0, 0.1) is 5.41 Å². The molecule has 0 aliphatic carbocycles. The number of aliphatic carboxylic acids is 1. The molecule has 0 atom stereocenters. The molecular weight excluding hydrogens is 242 g/mol. The molecule has 0 fully saturated rings. The first-order valence-corrected chi connectivity index (χ1v) is 6.46. The average Bonchev–Trinajstić information content (AvgIpc) is 2.37. The predicted octanol–water partition coefficient (Wildman–Crippen LogP) is 2.24. The van der Waals surface area contributed by atoms with Crippen LogP contribution in [0.1, 0.15) is 32.3 Å². The minimum Gasteiger partial charge on any atom is -0.481 e. The Hall–Kier alpha value is -1.84. The highest BCUT2D eigenvalue weighted by molar-refractivity contribution is 5.78. The number of hydrogen-bond acceptors (Lipinski definition) is 2. The van der Waals surface area contributed by atoms with Crippen molar-refractivity contribution >= 4 is 11.9 Å². The Morgan fingerprint density at radius 3 is 2.42 bits per heavy atom. The van der Waals surface area contributed by atoms with Gasteiger partial charge >= 0.3 is 5.97 Å². The van der Waals surface area contributed by atoms with Crippen LogP contribution in [0.4, 0.5) is 0 Å². The van der Waals surface area contributed by atoms with E-state index in [1.165, 1.54) is 5.56 Å². The minimum atomic E-state index is -0.871. The van der Waals surface area contributed by atoms with Crippen LogP contribution in [0.5, 0.6) is 0 Å². The molecule has 1 aromatic carbocycles. The Morgan fingerprint density at radius 2 is 1.84 bits per heavy atom. The number of benzene rings is 1. The lowest BCUT2D eigenvalue weighted by Gasteiger charge is -2.18. The number of hydrogen-bond donors (Lipinski definition) is 2. The molecule has 104 valence electrons. The first kappa shape index (κ1) is 15.2. The van der Waals surface area contributed by atoms with E-state index in [1.54, 1.807) is 13.8 Å². The van der Waals surface area contributed by atoms with Crippen molar-refractivity contribution in [3.63, 3.8) is 0 Å². The second-order valence-corrected chi connectivity index (χ2v) is 5.27. The number of carbonyl (C=O) groups excluding carboxylic acids is 1. The van der Waals surface area contributed by atoms with Gasteiger partial charge in [0.15, 0.2) is 0 Å². The standard InChI is InChI=1S/C15H21NO3/c1-15(2,14(18)19)10-8-13(17)16-11-9-12-6-4-3-5-7-12/h3-7H,8-11H2,1-2H3,(H,16,17)(H,18,19). The molecule has 4 nitrogen and oxygen atoms in total. The fourth-order valence-corrected chi connectivity index (χ4v) is 1.61. The van der Waals surface area contributed by atoms with Gasteiger partial charge in [0, 0.05) is 13.0 Å². The SMILES string of the molecule is CC(C)(CCC(=O)NCCc1ccccc1)C(=O)O. The molecule has 0 spiro atoms. The molecule has 0 aromatic heterocycles. The van der Waals surface area contributed by atoms with Crippen LogP contribution in [-0.4, -0.2) is 23.5 Å². The molecule has 0 unspecified atom stereocenters. The number of amides is 1. The van der Waals surface area contributed by atoms with E-state index < -0.39 is 11.4 Å². The van der Waals surface area contributed by atoms with E-state index in [4.69, 9.17) is 5.11 Å². The zero-order chi connectivity index (χ0) is 14.3. The van der Waals surface area contributed by atoms with Gasteiger partial charge < -0.3 is 10.4 Å². The van der Waals surface area contributed by atoms with Crippen LogP contribution in [0.25, 0.3) is 0 Å². The first-order valence-electron chi connectivity index (χ1n) is 6.46. The molecule has 0 aliphatic rings. The van der Waals surface area contributed by atoms with Crippen molar-refractivity contribution in [2.75, 3.05) is 6.54 Å². The van der Waals surface area contributed by atoms with Gasteiger partial charge in [0.2, 0.25) is 5.91 Å². The summed E-state index contributed by atoms with van der Waals surface area (Å²) in [6.45, 7) is 3.84. The summed E-state index contributed by atoms with van der Waals surface area (Å²) in [5, 5.41) is 11.8. The third-order valence-corrected chi connectivity index (χ3v) is 3.13. The molecule has 0 saturated heterocycles. The monoisotopic (exact) mass is 263 g/mol. The minimum absolute atomic E-state index is 0.0924. The van der Waals surface area contributed by atoms with Gasteiger partial charge in [-0.1, -0.05) is 30.3 Å². The average molecular weight is 263 g/mol. The highest BCUT2D eigenvalue weighted by Crippen LogP contribution is 2.22. The molecule has 0 heterocycles. The molecular formula is C15H21NO3. The second kappa shape index (κ2) is 6.92. The lowest BCUT2D eigenvalue weighted by Crippen LogP contribution is -2.29. The van der Waals surface area contributed by atoms with Crippen molar-refractivity contribution in [1.29, 1.82) is 0 Å². The van der Waals surface area contributed by atoms with Crippen LogP contribution < -0.4 is 5.32 Å². The van der Waals surface area contributed by atoms with E-state index in [0.29, 0.717) is 13.0 Å². The van der Waals surface area contributed by atoms with E-state index in [-0.39, 0.29) is 12.3 Å². The van der Waals surface area contributed by atoms with Crippen LogP contribution >= 0.6 is 0 Å². The van der Waals surface area contributed by atoms with Gasteiger partial charge in [-0.2, -0.15) is 0 Å². The van der Waals surface area contributed by atoms with E-state index in [2.05, 4.69) is 5.32 Å². The Bertz CT molecular complexity index is 426. The number of carbonyl (C=O) groups is 2. The van der Waals surface area contributed by atoms with E-state index >= 15 is 0 Å². The van der Waals surface area contributed by atoms with Crippen LogP contribution in [0.3, 0.4) is 0 Å². The van der Waals surface area contributed by atoms with E-state index in [9.17, 15) is 9.59 Å². The fourth-order valence-electron chi connectivity index (χ4n) is 1.61. The molecule has 0 saturated carbocycles. The van der Waals surface area contributed by atoms with Crippen LogP contribution in [-0.2, 0) is 16.0 Å². The Morgan fingerprint density at radius 1 is 1.21 bits per heavy atom. The summed E-state index contributed by atoms with van der Waals surface area (Å²) in [6, 6.07) is 9.91. The number of carboxylic acid groups (broad SMARTS) is 1. The Kier molecular flexibility index (Phi) is 5.55. The molecule has 19 heavy (non-hydrogen) atoms. The van der Waals surface area contributed by atoms with E-state index in [0.717, 1.165) is 6.42 Å². The Labute approximate surface area is 113 Å². The van der Waals surface area contributed by atoms with Crippen LogP contribution in [0.2, 0.25) is 0 Å². The molecule has 4 heteroatoms. The van der Waals surface area contributed by atoms with Gasteiger partial charge in [-0.3, -0.25) is 9.59 Å². The van der Waals surface area contributed by atoms with Gasteiger partial charge in [-0.25, -0.2) is 0 Å². The number of nitrogens with one attached hydrogen (secondary N) is 1. The van der Waals surface area contributed by atoms with Crippen molar-refractivity contribution < 1.29 is 14.7 Å². The summed E-state index contributed by atoms with van der Waals surface area (Å²) in [5.74, 6) is -0.963. The van der Waals surface area contributed by atoms with Gasteiger partial charge in [0.25, 0.3) is 0 Å². The smallest absolute Gasteiger partial charge is 0.309 e. The molecule has 1 aromatic rings. The van der Waals surface area contributed by atoms with Crippen molar-refractivity contribution in [1.82, 2.24) is 5.32 Å². The quantitative estimate of drug-likeness (QED) is 0.792. The van der Waals surface area contributed by atoms with Crippen molar-refractivity contribution in [2.24, 2.45) is 5.41 Å². The van der Waals surface area contributed by atoms with Crippen molar-refractivity contribution in [3.8, 4) is 0 Å². The van der Waals surface area contributed by atoms with Gasteiger partial charge in [0.05, 0.1) is 5.41 Å². The third-order valence-electron chi connectivity index (χ3n) is 3.13. The molecule has 1 rings (SSSR count). The third kappa shape index (κ3) is 5.55. The maximum absolute atomic E-state index is 11.6. The summed E-state index contributed by atoms with van der Waals surface area (Å²) < 4.78 is 0. The van der Waals surface area contributed by atoms with Gasteiger partial charge in [-0.05, 0) is 32.3 Å². The predicted molar refractivity (Wildman–Crippen MR) is 73.8 cm³/mol. The Balaban J connectivity index is 2.24. The van der Waals surface area contributed by atoms with Crippen molar-refractivity contribution in [2.45, 2.75) is 33.1 Å². The lowest BCUT2D eigenvalue weighted by molar-refractivity contribution is -0.147. The molecule has 2 N–H and O–H groups in total. The topological polar surface area (TPSA) is 66.4 Å². The zero-order valence-electron chi connectivity index (χ0n) is 11.5. The maximum Gasteiger partial charge on any atom is 0.309 e. The normalized spacial score (nSPS) is 11.1. The fraction of sp³-hybridized carbons (Fsp3) is 0.467. The summed E-state index contributed by atoms with van der Waals surface area (Å²) in [7, 11) is 0. The second-order valence-electron chi connectivity index (χ2n) is 5.27. The largest absolute Gasteiger partial charge is 0.481 e. The number of carboxylic acids is 1. The summed E-state index contributed by atoms with van der Waals surface area (Å²) in [4.78, 5) is 22.5. The summed E-state index contributed by atoms with van der Waals surface area (Å²) in [6.07, 6.45) is 1.38. The number of rotatable bonds is 7. The molecule has 1 amide bonds. The van der Waals surface area contributed by atoms with Gasteiger partial charge in [0.1, 0.15) is 0 Å². The van der Waals surface area contributed by atoms with Crippen molar-refractivity contribution in [3.05, 3.63) is 35.9 Å². The summed E-state index contributed by atoms with van der Waals surface area (Å²) in [5.41, 5.74) is 0.324. The van der Waals surface area contributed by atoms with Gasteiger partial charge in [-0.15, -0.1) is 0 Å². The molecule has 0 bridgehead atoms. The first-order chi connectivity index (χ1) is 8.92. The zero-order valence-corrected chi connectivity index (χ0v) is 11.5. The molecule has 0 aliphatic heterocycles. The highest BCUT2D eigenvalue weighted by atomic mass is 16.4. The summed E-state index contributed by atoms with van der Waals surface area (Å²) >= 11 is 0. The lowest BCUT2D eigenvalue weighted by atomic mass is 9.88. The highest BCUT2D eigenvalue weighted by Gasteiger charge is 2.27. The van der Waals surface area contributed by atoms with Crippen LogP contribution in [0.15, 0.2) is 30.3 Å².